The van der Waals surface area contributed by atoms with Gasteiger partial charge in [0.1, 0.15) is 0 Å². The Morgan fingerprint density at radius 3 is 2.83 bits per heavy atom. The van der Waals surface area contributed by atoms with Crippen LogP contribution in [0.25, 0.3) is 10.4 Å². The number of esters is 1. The van der Waals surface area contributed by atoms with Gasteiger partial charge in [0.2, 0.25) is 0 Å². The van der Waals surface area contributed by atoms with E-state index in [4.69, 9.17) is 16.3 Å². The van der Waals surface area contributed by atoms with Gasteiger partial charge in [-0.15, -0.1) is 11.3 Å². The number of carbonyl (C=O) groups excluding carboxylic acids is 1. The molecular formula is C13H10BrClO2S. The SMILES string of the molecule is COC(=O)Cc1c(Br)csc1-c1ccccc1Cl. The molecule has 0 radical (unpaired) electrons. The van der Waals surface area contributed by atoms with Crippen molar-refractivity contribution in [2.75, 3.05) is 7.11 Å². The Hall–Kier alpha value is -0.840. The van der Waals surface area contributed by atoms with E-state index in [0.717, 1.165) is 20.5 Å². The molecule has 5 heteroatoms. The molecule has 0 unspecified atom stereocenters. The first-order chi connectivity index (χ1) is 8.63. The minimum Gasteiger partial charge on any atom is -0.469 e. The van der Waals surface area contributed by atoms with Crippen LogP contribution < -0.4 is 0 Å². The third-order valence-corrected chi connectivity index (χ3v) is 4.91. The van der Waals surface area contributed by atoms with Crippen LogP contribution in [0.1, 0.15) is 5.56 Å². The monoisotopic (exact) mass is 344 g/mol. The van der Waals surface area contributed by atoms with Crippen molar-refractivity contribution in [3.8, 4) is 10.4 Å². The molecular weight excluding hydrogens is 336 g/mol. The Bertz CT molecular complexity index is 580. The van der Waals surface area contributed by atoms with E-state index in [2.05, 4.69) is 15.9 Å². The van der Waals surface area contributed by atoms with E-state index in [9.17, 15) is 4.79 Å². The second-order valence-corrected chi connectivity index (χ2v) is 5.77. The molecule has 1 heterocycles. The molecule has 0 atom stereocenters. The summed E-state index contributed by atoms with van der Waals surface area (Å²) in [6.45, 7) is 0. The number of hydrogen-bond donors (Lipinski definition) is 0. The number of halogens is 2. The normalized spacial score (nSPS) is 10.4. The Labute approximate surface area is 123 Å². The first-order valence-electron chi connectivity index (χ1n) is 5.21. The summed E-state index contributed by atoms with van der Waals surface area (Å²) < 4.78 is 5.62. The lowest BCUT2D eigenvalue weighted by molar-refractivity contribution is -0.139. The van der Waals surface area contributed by atoms with Crippen LogP contribution in [0.15, 0.2) is 34.1 Å². The number of carbonyl (C=O) groups is 1. The van der Waals surface area contributed by atoms with Crippen LogP contribution in [0, 0.1) is 0 Å². The van der Waals surface area contributed by atoms with E-state index in [-0.39, 0.29) is 12.4 Å². The fourth-order valence-electron chi connectivity index (χ4n) is 1.61. The summed E-state index contributed by atoms with van der Waals surface area (Å²) in [5.74, 6) is -0.262. The topological polar surface area (TPSA) is 26.3 Å². The molecule has 0 aliphatic rings. The van der Waals surface area contributed by atoms with E-state index >= 15 is 0 Å². The molecule has 2 aromatic rings. The molecule has 0 bridgehead atoms. The predicted octanol–water partition coefficient (Wildman–Crippen LogP) is 4.55. The van der Waals surface area contributed by atoms with Crippen LogP contribution in [0.4, 0.5) is 0 Å². The first kappa shape index (κ1) is 13.6. The summed E-state index contributed by atoms with van der Waals surface area (Å²) in [6, 6.07) is 7.60. The highest BCUT2D eigenvalue weighted by Gasteiger charge is 2.17. The molecule has 0 amide bonds. The van der Waals surface area contributed by atoms with Crippen LogP contribution in [0.2, 0.25) is 5.02 Å². The number of thiophene rings is 1. The van der Waals surface area contributed by atoms with Gasteiger partial charge in [0.25, 0.3) is 0 Å². The van der Waals surface area contributed by atoms with E-state index in [0.29, 0.717) is 5.02 Å². The fraction of sp³-hybridized carbons (Fsp3) is 0.154. The van der Waals surface area contributed by atoms with Gasteiger partial charge in [0.15, 0.2) is 0 Å². The predicted molar refractivity (Wildman–Crippen MR) is 78.2 cm³/mol. The van der Waals surface area contributed by atoms with E-state index in [1.165, 1.54) is 7.11 Å². The van der Waals surface area contributed by atoms with Crippen molar-refractivity contribution in [1.82, 2.24) is 0 Å². The van der Waals surface area contributed by atoms with Crippen molar-refractivity contribution in [2.45, 2.75) is 6.42 Å². The maximum Gasteiger partial charge on any atom is 0.310 e. The average Bonchev–Trinajstić information content (AvgIpc) is 2.72. The Balaban J connectivity index is 2.46. The Morgan fingerprint density at radius 2 is 2.17 bits per heavy atom. The largest absolute Gasteiger partial charge is 0.469 e. The fourth-order valence-corrected chi connectivity index (χ4v) is 3.64. The number of hydrogen-bond acceptors (Lipinski definition) is 3. The van der Waals surface area contributed by atoms with Crippen LogP contribution in [-0.4, -0.2) is 13.1 Å². The van der Waals surface area contributed by atoms with Gasteiger partial charge in [-0.1, -0.05) is 29.8 Å². The van der Waals surface area contributed by atoms with E-state index in [1.807, 2.05) is 29.6 Å². The third-order valence-electron chi connectivity index (χ3n) is 2.51. The van der Waals surface area contributed by atoms with Gasteiger partial charge in [-0.25, -0.2) is 0 Å². The van der Waals surface area contributed by atoms with Gasteiger partial charge in [-0.3, -0.25) is 4.79 Å². The standard InChI is InChI=1S/C13H10BrClO2S/c1-17-12(16)6-9-10(14)7-18-13(9)8-4-2-3-5-11(8)15/h2-5,7H,6H2,1H3. The summed E-state index contributed by atoms with van der Waals surface area (Å²) >= 11 is 11.2. The van der Waals surface area contributed by atoms with Crippen LogP contribution in [0.3, 0.4) is 0 Å². The smallest absolute Gasteiger partial charge is 0.310 e. The van der Waals surface area contributed by atoms with Crippen LogP contribution in [0.5, 0.6) is 0 Å². The number of benzene rings is 1. The molecule has 0 spiro atoms. The van der Waals surface area contributed by atoms with Crippen LogP contribution >= 0.6 is 38.9 Å². The van der Waals surface area contributed by atoms with Gasteiger partial charge < -0.3 is 4.74 Å². The highest BCUT2D eigenvalue weighted by atomic mass is 79.9. The molecule has 1 aromatic carbocycles. The van der Waals surface area contributed by atoms with Gasteiger partial charge in [0.05, 0.1) is 13.5 Å². The molecule has 2 rings (SSSR count). The number of rotatable bonds is 3. The van der Waals surface area contributed by atoms with Crippen molar-refractivity contribution >= 4 is 44.8 Å². The lowest BCUT2D eigenvalue weighted by Crippen LogP contribution is -2.04. The zero-order valence-corrected chi connectivity index (χ0v) is 12.7. The highest BCUT2D eigenvalue weighted by molar-refractivity contribution is 9.10. The summed E-state index contributed by atoms with van der Waals surface area (Å²) in [7, 11) is 1.39. The maximum absolute atomic E-state index is 11.4. The first-order valence-corrected chi connectivity index (χ1v) is 7.26. The van der Waals surface area contributed by atoms with Gasteiger partial charge in [0, 0.05) is 25.3 Å². The minimum atomic E-state index is -0.262. The quantitative estimate of drug-likeness (QED) is 0.763. The number of ether oxygens (including phenoxy) is 1. The summed E-state index contributed by atoms with van der Waals surface area (Å²) in [5.41, 5.74) is 1.86. The minimum absolute atomic E-state index is 0.237. The zero-order chi connectivity index (χ0) is 13.1. The molecule has 0 fully saturated rings. The second kappa shape index (κ2) is 5.87. The molecule has 0 saturated carbocycles. The average molecular weight is 346 g/mol. The molecule has 2 nitrogen and oxygen atoms in total. The second-order valence-electron chi connectivity index (χ2n) is 3.62. The molecule has 0 aliphatic heterocycles. The van der Waals surface area contributed by atoms with Crippen molar-refractivity contribution in [3.63, 3.8) is 0 Å². The Kier molecular flexibility index (Phi) is 4.43. The highest BCUT2D eigenvalue weighted by Crippen LogP contribution is 2.39. The lowest BCUT2D eigenvalue weighted by Gasteiger charge is -2.06. The summed E-state index contributed by atoms with van der Waals surface area (Å²) in [4.78, 5) is 12.4. The van der Waals surface area contributed by atoms with Gasteiger partial charge >= 0.3 is 5.97 Å². The molecule has 0 saturated heterocycles. The van der Waals surface area contributed by atoms with Gasteiger partial charge in [-0.2, -0.15) is 0 Å². The van der Waals surface area contributed by atoms with E-state index in [1.54, 1.807) is 11.3 Å². The van der Waals surface area contributed by atoms with Gasteiger partial charge in [-0.05, 0) is 27.6 Å². The molecule has 0 aliphatic carbocycles. The maximum atomic E-state index is 11.4. The van der Waals surface area contributed by atoms with Crippen molar-refractivity contribution in [1.29, 1.82) is 0 Å². The molecule has 1 aromatic heterocycles. The third kappa shape index (κ3) is 2.76. The molecule has 94 valence electrons. The summed E-state index contributed by atoms with van der Waals surface area (Å²) in [5, 5.41) is 2.63. The summed E-state index contributed by atoms with van der Waals surface area (Å²) in [6.07, 6.45) is 0.237. The van der Waals surface area contributed by atoms with Crippen LogP contribution in [-0.2, 0) is 16.0 Å². The van der Waals surface area contributed by atoms with Crippen molar-refractivity contribution < 1.29 is 9.53 Å². The molecule has 18 heavy (non-hydrogen) atoms. The Morgan fingerprint density at radius 1 is 1.44 bits per heavy atom. The molecule has 0 N–H and O–H groups in total. The van der Waals surface area contributed by atoms with Crippen molar-refractivity contribution in [2.24, 2.45) is 0 Å². The number of methoxy groups -OCH3 is 1. The zero-order valence-electron chi connectivity index (χ0n) is 9.57. The van der Waals surface area contributed by atoms with Crippen molar-refractivity contribution in [3.05, 3.63) is 44.7 Å². The lowest BCUT2D eigenvalue weighted by atomic mass is 10.1. The van der Waals surface area contributed by atoms with E-state index < -0.39 is 0 Å².